The molecule has 36 heteroatoms. The highest BCUT2D eigenvalue weighted by Gasteiger charge is 2.46. The van der Waals surface area contributed by atoms with Gasteiger partial charge in [-0.15, -0.1) is 11.6 Å². The third-order valence-electron chi connectivity index (χ3n) is 13.5. The van der Waals surface area contributed by atoms with Gasteiger partial charge in [0.05, 0.1) is 13.0 Å². The molecule has 2 heterocycles. The van der Waals surface area contributed by atoms with Crippen LogP contribution in [0.4, 0.5) is 12.9 Å². The van der Waals surface area contributed by atoms with Crippen molar-refractivity contribution in [2.45, 2.75) is 225 Å². The summed E-state index contributed by atoms with van der Waals surface area (Å²) in [6.45, 7) is 31.5. The van der Waals surface area contributed by atoms with Gasteiger partial charge in [-0.2, -0.15) is 8.42 Å². The zero-order valence-electron chi connectivity index (χ0n) is 71.3. The summed E-state index contributed by atoms with van der Waals surface area (Å²) in [4.78, 5) is 154. The Morgan fingerprint density at radius 2 is 0.933 bits per heavy atom. The number of cyclic esters (lactones) is 2. The number of carboxylic acids is 2. The van der Waals surface area contributed by atoms with Crippen LogP contribution in [0, 0.1) is 11.3 Å². The molecule has 0 spiro atoms. The summed E-state index contributed by atoms with van der Waals surface area (Å²) in [5.74, 6) is -5.16. The average molecular weight is 1780 g/mol. The lowest BCUT2D eigenvalue weighted by atomic mass is 9.91. The molecule has 2 N–H and O–H groups in total. The standard InChI is InChI=1S/C17H20O4.C15H18O5.C12H16O2.C10H14O5.C8H8O3.C7H11ClO2.C7H12O2.C4H8O2.C4H10O.BF3.Cl2O2S/c1-3-8-13-11-15(21-16(13)17(18)19-4-2)12-20-14-9-6-5-7-10-14;1-3-7-13(17)15(11(2)16)20-14(18)10-19-12-8-5-4-6-9-12;1-12(2,3)11(13)9-14-10-7-5-4-6-8-10;1-4-5-6(11)7-8(12)14-10(2,3)15-9(7)13;9-8(10)6-11-7-4-2-1-3-5-7;1-3-4-6(10)7(8)5(2)9;1-3-4-7(9)5-6(2)8;1-2-3-4(5)6;1-3-5-4-2;2-1(3)4;1-5(2,3)4/h5-7,9-11H,3-4,8,12H2,1-2H3;4-6,8-9,15H,3,7,10H2,1-2H3;4-8H,9H2,1-3H3;7H,4-5H2,1-3H3;1-5H,6H2,(H,9,10);7H,3-4H2,1-2H3;3-5H2,1-2H3;2-3H2,1H3,(H,5,6);3-4H2,1-2H3;;. The topological polar surface area (TPSA) is 410 Å². The van der Waals surface area contributed by atoms with Crippen LogP contribution in [-0.2, 0) is 107 Å². The number of furan rings is 1. The van der Waals surface area contributed by atoms with Crippen molar-refractivity contribution in [3.8, 4) is 23.0 Å². The maximum atomic E-state index is 11.9. The summed E-state index contributed by atoms with van der Waals surface area (Å²) in [7, 11) is 1.15. The average Bonchev–Trinajstić information content (AvgIpc) is 0.895. The molecule has 0 radical (unpaired) electrons. The van der Waals surface area contributed by atoms with Crippen molar-refractivity contribution in [3.05, 3.63) is 144 Å². The van der Waals surface area contributed by atoms with Crippen molar-refractivity contribution >= 4 is 131 Å². The Bertz CT molecular complexity index is 3850. The molecule has 0 amide bonds. The number of aryl methyl sites for hydroxylation is 1. The van der Waals surface area contributed by atoms with Gasteiger partial charge in [0.1, 0.15) is 58.9 Å². The first kappa shape index (κ1) is 119. The van der Waals surface area contributed by atoms with E-state index in [1.807, 2.05) is 141 Å². The third kappa shape index (κ3) is 70.1. The van der Waals surface area contributed by atoms with E-state index >= 15 is 0 Å². The van der Waals surface area contributed by atoms with Crippen LogP contribution in [0.5, 0.6) is 23.0 Å². The number of halogens is 6. The first-order valence-corrected chi connectivity index (χ1v) is 41.7. The highest BCUT2D eigenvalue weighted by atomic mass is 36.0. The fraction of sp³-hybridized carbons (Fsp3) is 0.500. The number of ether oxygens (including phenoxy) is 9. The van der Waals surface area contributed by atoms with Crippen LogP contribution in [0.3, 0.4) is 0 Å². The number of benzene rings is 4. The second-order valence-electron chi connectivity index (χ2n) is 26.0. The molecule has 5 aromatic rings. The molecular formula is C84H117BCl3F3O28S. The number of aliphatic carboxylic acids is 2. The molecule has 1 saturated heterocycles. The van der Waals surface area contributed by atoms with Gasteiger partial charge in [-0.3, -0.25) is 65.7 Å². The fourth-order valence-electron chi connectivity index (χ4n) is 8.21. The predicted octanol–water partition coefficient (Wildman–Crippen LogP) is 17.0. The van der Waals surface area contributed by atoms with Gasteiger partial charge in [0, 0.05) is 91.5 Å². The molecule has 0 aliphatic carbocycles. The summed E-state index contributed by atoms with van der Waals surface area (Å²) < 4.78 is 98.3. The second-order valence-corrected chi connectivity index (χ2v) is 30.1. The highest BCUT2D eigenvalue weighted by Crippen LogP contribution is 2.25. The number of hydrogen-bond donors (Lipinski definition) is 2. The number of esters is 4. The van der Waals surface area contributed by atoms with Crippen molar-refractivity contribution in [2.24, 2.45) is 11.3 Å². The lowest BCUT2D eigenvalue weighted by molar-refractivity contribution is -0.238. The van der Waals surface area contributed by atoms with Gasteiger partial charge in [-0.1, -0.05) is 142 Å². The number of hydrogen-bond acceptors (Lipinski definition) is 26. The zero-order chi connectivity index (χ0) is 93.0. The molecule has 672 valence electrons. The van der Waals surface area contributed by atoms with Gasteiger partial charge in [-0.25, -0.2) is 14.4 Å². The minimum Gasteiger partial charge on any atom is -0.486 e. The molecule has 1 aromatic heterocycles. The number of Topliss-reactive ketones (excluding diaryl/α,β-unsaturated/α-hetero) is 8. The Morgan fingerprint density at radius 1 is 0.542 bits per heavy atom. The van der Waals surface area contributed by atoms with E-state index < -0.39 is 86.4 Å². The van der Waals surface area contributed by atoms with E-state index in [-0.39, 0.29) is 79.2 Å². The number of carbonyl (C=O) groups excluding carboxylic acids is 12. The lowest BCUT2D eigenvalue weighted by Gasteiger charge is -2.32. The number of alkyl halides is 1. The van der Waals surface area contributed by atoms with Crippen LogP contribution in [0.25, 0.3) is 0 Å². The second kappa shape index (κ2) is 71.0. The lowest BCUT2D eigenvalue weighted by Crippen LogP contribution is -2.49. The van der Waals surface area contributed by atoms with E-state index in [1.54, 1.807) is 62.4 Å². The maximum Gasteiger partial charge on any atom is 0.762 e. The first-order valence-electron chi connectivity index (χ1n) is 38.1. The molecule has 28 nitrogen and oxygen atoms in total. The molecule has 0 saturated carbocycles. The molecule has 4 aromatic carbocycles. The fourth-order valence-corrected chi connectivity index (χ4v) is 8.32. The van der Waals surface area contributed by atoms with E-state index in [2.05, 4.69) is 28.3 Å². The minimum atomic E-state index is -3.72. The Hall–Kier alpha value is -9.83. The Kier molecular flexibility index (Phi) is 70.2. The normalized spacial score (nSPS) is 11.7. The van der Waals surface area contributed by atoms with Crippen LogP contribution in [0.15, 0.2) is 132 Å². The molecule has 0 bridgehead atoms. The van der Waals surface area contributed by atoms with Gasteiger partial charge in [0.25, 0.3) is 5.79 Å². The smallest absolute Gasteiger partial charge is 0.486 e. The van der Waals surface area contributed by atoms with Crippen LogP contribution >= 0.6 is 33.0 Å². The van der Waals surface area contributed by atoms with Crippen molar-refractivity contribution in [1.82, 2.24) is 0 Å². The van der Waals surface area contributed by atoms with E-state index in [0.717, 1.165) is 62.4 Å². The first-order chi connectivity index (χ1) is 56.1. The zero-order valence-corrected chi connectivity index (χ0v) is 74.3. The third-order valence-corrected chi connectivity index (χ3v) is 14.0. The van der Waals surface area contributed by atoms with Gasteiger partial charge < -0.3 is 57.3 Å². The monoisotopic (exact) mass is 1780 g/mol. The molecular weight excluding hydrogens is 1660 g/mol. The van der Waals surface area contributed by atoms with Gasteiger partial charge in [0.2, 0.25) is 17.8 Å². The van der Waals surface area contributed by atoms with E-state index in [1.165, 1.54) is 34.6 Å². The highest BCUT2D eigenvalue weighted by molar-refractivity contribution is 8.31. The van der Waals surface area contributed by atoms with Crippen LogP contribution < -0.4 is 18.9 Å². The largest absolute Gasteiger partial charge is 0.762 e. The summed E-state index contributed by atoms with van der Waals surface area (Å²) >= 11 is 5.45. The Labute approximate surface area is 716 Å². The summed E-state index contributed by atoms with van der Waals surface area (Å²) in [5, 5.41) is 15.2. The van der Waals surface area contributed by atoms with Crippen LogP contribution in [0.2, 0.25) is 0 Å². The molecule has 2 atom stereocenters. The Morgan fingerprint density at radius 3 is 1.26 bits per heavy atom. The van der Waals surface area contributed by atoms with Crippen molar-refractivity contribution < 1.29 is 146 Å². The van der Waals surface area contributed by atoms with E-state index in [9.17, 15) is 80.1 Å². The number of carboxylic acid groups (broad SMARTS) is 2. The summed E-state index contributed by atoms with van der Waals surface area (Å²) in [6, 6.07) is 38.3. The number of carbonyl (C=O) groups is 14. The minimum absolute atomic E-state index is 0.0338. The quantitative estimate of drug-likeness (QED) is 0.00939. The Balaban J connectivity index is -0.000000418. The number of ketones is 8. The molecule has 6 rings (SSSR count). The summed E-state index contributed by atoms with van der Waals surface area (Å²) in [6.07, 6.45) is 5.62. The van der Waals surface area contributed by atoms with E-state index in [4.69, 9.17) is 77.3 Å². The molecule has 1 aliphatic rings. The molecule has 1 fully saturated rings. The SMILES string of the molecule is CC(C)(C)C(=O)COc1ccccc1.CCCC(=O)C(Cl)C(C)=O.CCCC(=O)C(OC(=O)COc1ccccc1)C(C)=O.CCCC(=O)C1C(=O)OC(C)(C)OC1=O.CCCC(=O)CC(C)=O.CCCC(=O)O.CCCc1cc(COc2ccccc2)oc1C(=O)OCC.CCOCC.FB(F)F.O=C(O)COc1ccccc1.O=S(=O)(Cl)Cl. The molecule has 120 heavy (non-hydrogen) atoms. The van der Waals surface area contributed by atoms with E-state index in [0.29, 0.717) is 68.3 Å². The van der Waals surface area contributed by atoms with Crippen molar-refractivity contribution in [2.75, 3.05) is 39.6 Å². The van der Waals surface area contributed by atoms with Crippen LogP contribution in [0.1, 0.15) is 217 Å². The van der Waals surface area contributed by atoms with Gasteiger partial charge in [0.15, 0.2) is 47.9 Å². The predicted molar refractivity (Wildman–Crippen MR) is 447 cm³/mol. The maximum absolute atomic E-state index is 11.9. The van der Waals surface area contributed by atoms with Crippen molar-refractivity contribution in [3.63, 3.8) is 0 Å². The van der Waals surface area contributed by atoms with Gasteiger partial charge in [-0.05, 0) is 135 Å². The van der Waals surface area contributed by atoms with Crippen LogP contribution in [-0.4, -0.2) is 165 Å². The number of rotatable bonds is 36. The molecule has 1 aliphatic heterocycles. The number of para-hydroxylation sites is 4. The molecule has 2 unspecified atom stereocenters. The van der Waals surface area contributed by atoms with Crippen molar-refractivity contribution in [1.29, 1.82) is 0 Å². The van der Waals surface area contributed by atoms with Gasteiger partial charge >= 0.3 is 51.6 Å². The summed E-state index contributed by atoms with van der Waals surface area (Å²) in [5.41, 5.74) is 0.553.